The molecule has 68 valence electrons. The van der Waals surface area contributed by atoms with Gasteiger partial charge in [0.15, 0.2) is 0 Å². The highest BCUT2D eigenvalue weighted by atomic mass is 16.8. The Bertz CT molecular complexity index is 227. The van der Waals surface area contributed by atoms with Crippen molar-refractivity contribution in [2.45, 2.75) is 26.7 Å². The molecule has 0 fully saturated rings. The Morgan fingerprint density at radius 2 is 2.42 bits per heavy atom. The highest BCUT2D eigenvalue weighted by Crippen LogP contribution is 2.08. The molecule has 0 aromatic carbocycles. The predicted octanol–water partition coefficient (Wildman–Crippen LogP) is 0.795. The van der Waals surface area contributed by atoms with Crippen LogP contribution in [0.2, 0.25) is 0 Å². The lowest BCUT2D eigenvalue weighted by Crippen LogP contribution is -2.25. The molecular formula is C7H12N2O3. The van der Waals surface area contributed by atoms with E-state index in [9.17, 15) is 5.21 Å². The number of ether oxygens (including phenoxy) is 1. The molecule has 0 spiro atoms. The smallest absolute Gasteiger partial charge is 0.375 e. The molecule has 5 heteroatoms. The van der Waals surface area contributed by atoms with Gasteiger partial charge in [0.25, 0.3) is 5.69 Å². The van der Waals surface area contributed by atoms with Gasteiger partial charge in [0.1, 0.15) is 0 Å². The van der Waals surface area contributed by atoms with Crippen molar-refractivity contribution in [1.29, 1.82) is 0 Å². The normalized spacial score (nSPS) is 10.2. The van der Waals surface area contributed by atoms with Crippen LogP contribution in [0, 0.1) is 12.1 Å². The Kier molecular flexibility index (Phi) is 2.90. The molecule has 0 atom stereocenters. The van der Waals surface area contributed by atoms with Crippen LogP contribution in [0.25, 0.3) is 0 Å². The molecule has 0 bridgehead atoms. The van der Waals surface area contributed by atoms with Crippen LogP contribution in [0.1, 0.15) is 25.5 Å². The lowest BCUT2D eigenvalue weighted by atomic mass is 10.4. The highest BCUT2D eigenvalue weighted by Gasteiger charge is 2.15. The predicted molar refractivity (Wildman–Crippen MR) is 40.6 cm³/mol. The third kappa shape index (κ3) is 1.87. The zero-order chi connectivity index (χ0) is 8.97. The Hall–Kier alpha value is -1.26. The van der Waals surface area contributed by atoms with Gasteiger partial charge in [-0.3, -0.25) is 4.63 Å². The molecule has 1 aromatic heterocycles. The minimum atomic E-state index is 0.170. The number of unbranched alkanes of at least 4 members (excludes halogenated alkanes) is 1. The van der Waals surface area contributed by atoms with E-state index in [-0.39, 0.29) is 10.8 Å². The van der Waals surface area contributed by atoms with Gasteiger partial charge in [-0.05, 0) is 11.3 Å². The summed E-state index contributed by atoms with van der Waals surface area (Å²) >= 11 is 0. The zero-order valence-electron chi connectivity index (χ0n) is 7.24. The van der Waals surface area contributed by atoms with Crippen molar-refractivity contribution in [2.24, 2.45) is 0 Å². The van der Waals surface area contributed by atoms with E-state index >= 15 is 0 Å². The summed E-state index contributed by atoms with van der Waals surface area (Å²) in [5.74, 6) is 0.170. The van der Waals surface area contributed by atoms with Crippen LogP contribution in [0.4, 0.5) is 0 Å². The first-order valence-electron chi connectivity index (χ1n) is 3.94. The van der Waals surface area contributed by atoms with Crippen molar-refractivity contribution in [1.82, 2.24) is 5.16 Å². The molecule has 0 amide bonds. The topological polar surface area (TPSA) is 62.2 Å². The van der Waals surface area contributed by atoms with E-state index in [0.29, 0.717) is 12.3 Å². The first-order chi connectivity index (χ1) is 5.75. The van der Waals surface area contributed by atoms with E-state index in [0.717, 1.165) is 12.8 Å². The van der Waals surface area contributed by atoms with Crippen LogP contribution in [0.3, 0.4) is 0 Å². The summed E-state index contributed by atoms with van der Waals surface area (Å²) in [4.78, 5) is 0.283. The summed E-state index contributed by atoms with van der Waals surface area (Å²) in [6.07, 6.45) is 1.95. The summed E-state index contributed by atoms with van der Waals surface area (Å²) < 4.78 is 9.45. The summed E-state index contributed by atoms with van der Waals surface area (Å²) in [5, 5.41) is 14.2. The molecule has 0 aliphatic heterocycles. The number of rotatable bonds is 4. The van der Waals surface area contributed by atoms with Crippen molar-refractivity contribution < 1.29 is 14.3 Å². The van der Waals surface area contributed by atoms with Crippen LogP contribution in [0.5, 0.6) is 5.88 Å². The summed E-state index contributed by atoms with van der Waals surface area (Å²) in [5.41, 5.74) is 0.487. The number of nitrogens with zero attached hydrogens (tertiary/aromatic N) is 2. The first kappa shape index (κ1) is 8.83. The Morgan fingerprint density at radius 1 is 1.67 bits per heavy atom. The fraction of sp³-hybridized carbons (Fsp3) is 0.714. The Balaban J connectivity index is 2.50. The number of aryl methyl sites for hydroxylation is 1. The van der Waals surface area contributed by atoms with Crippen molar-refractivity contribution in [3.05, 3.63) is 10.9 Å². The van der Waals surface area contributed by atoms with Crippen LogP contribution in [-0.2, 0) is 0 Å². The van der Waals surface area contributed by atoms with Gasteiger partial charge in [0, 0.05) is 12.1 Å². The summed E-state index contributed by atoms with van der Waals surface area (Å²) in [6, 6.07) is 0. The molecule has 0 N–H and O–H groups in total. The van der Waals surface area contributed by atoms with Gasteiger partial charge in [-0.25, -0.2) is 0 Å². The van der Waals surface area contributed by atoms with Crippen LogP contribution >= 0.6 is 0 Å². The van der Waals surface area contributed by atoms with Crippen LogP contribution in [0.15, 0.2) is 4.63 Å². The average Bonchev–Trinajstić information content (AvgIpc) is 2.35. The molecule has 1 aromatic rings. The van der Waals surface area contributed by atoms with Gasteiger partial charge >= 0.3 is 5.88 Å². The van der Waals surface area contributed by atoms with Crippen LogP contribution in [-0.4, -0.2) is 11.8 Å². The maximum absolute atomic E-state index is 10.8. The van der Waals surface area contributed by atoms with E-state index in [1.165, 1.54) is 0 Å². The second-order valence-electron chi connectivity index (χ2n) is 2.52. The monoisotopic (exact) mass is 172 g/mol. The second kappa shape index (κ2) is 3.94. The van der Waals surface area contributed by atoms with Crippen molar-refractivity contribution in [3.63, 3.8) is 0 Å². The standard InChI is InChI=1S/C7H12N2O3/c1-3-4-5-11-7-6(2)8-12-9(7)10/h3-5H2,1-2H3. The van der Waals surface area contributed by atoms with Gasteiger partial charge in [0.2, 0.25) is 0 Å². The molecular weight excluding hydrogens is 160 g/mol. The average molecular weight is 172 g/mol. The molecule has 12 heavy (non-hydrogen) atoms. The van der Waals surface area contributed by atoms with E-state index < -0.39 is 0 Å². The summed E-state index contributed by atoms with van der Waals surface area (Å²) in [7, 11) is 0. The summed E-state index contributed by atoms with van der Waals surface area (Å²) in [6.45, 7) is 4.25. The van der Waals surface area contributed by atoms with Crippen LogP contribution < -0.4 is 9.64 Å². The minimum absolute atomic E-state index is 0.170. The van der Waals surface area contributed by atoms with Crippen molar-refractivity contribution in [2.75, 3.05) is 6.61 Å². The molecule has 1 heterocycles. The van der Waals surface area contributed by atoms with E-state index in [1.54, 1.807) is 6.92 Å². The Labute approximate surface area is 70.5 Å². The van der Waals surface area contributed by atoms with Crippen molar-refractivity contribution >= 4 is 0 Å². The quantitative estimate of drug-likeness (QED) is 0.497. The minimum Gasteiger partial charge on any atom is -0.457 e. The first-order valence-corrected chi connectivity index (χ1v) is 3.94. The highest BCUT2D eigenvalue weighted by molar-refractivity contribution is 5.06. The lowest BCUT2D eigenvalue weighted by Gasteiger charge is -1.99. The molecule has 0 saturated carbocycles. The zero-order valence-corrected chi connectivity index (χ0v) is 7.24. The molecule has 1 rings (SSSR count). The SMILES string of the molecule is CCCCOc1c(C)no[n+]1[O-]. The number of hydrogen-bond acceptors (Lipinski definition) is 4. The van der Waals surface area contributed by atoms with Crippen molar-refractivity contribution in [3.8, 4) is 5.88 Å². The largest absolute Gasteiger partial charge is 0.457 e. The maximum Gasteiger partial charge on any atom is 0.375 e. The molecule has 5 nitrogen and oxygen atoms in total. The van der Waals surface area contributed by atoms with E-state index in [2.05, 4.69) is 16.7 Å². The third-order valence-electron chi connectivity index (χ3n) is 1.46. The van der Waals surface area contributed by atoms with Gasteiger partial charge < -0.3 is 9.94 Å². The molecule has 0 aliphatic rings. The molecule has 0 aliphatic carbocycles. The van der Waals surface area contributed by atoms with Gasteiger partial charge in [-0.15, -0.1) is 0 Å². The second-order valence-corrected chi connectivity index (χ2v) is 2.52. The fourth-order valence-corrected chi connectivity index (χ4v) is 0.777. The lowest BCUT2D eigenvalue weighted by molar-refractivity contribution is -0.805. The van der Waals surface area contributed by atoms with Gasteiger partial charge in [-0.2, -0.15) is 0 Å². The maximum atomic E-state index is 10.8. The van der Waals surface area contributed by atoms with Gasteiger partial charge in [-0.1, -0.05) is 13.3 Å². The number of hydrogen-bond donors (Lipinski definition) is 0. The fourth-order valence-electron chi connectivity index (χ4n) is 0.777. The Morgan fingerprint density at radius 3 is 2.92 bits per heavy atom. The molecule has 0 unspecified atom stereocenters. The van der Waals surface area contributed by atoms with Gasteiger partial charge in [0.05, 0.1) is 6.61 Å². The number of aromatic nitrogens is 2. The third-order valence-corrected chi connectivity index (χ3v) is 1.46. The van der Waals surface area contributed by atoms with E-state index in [1.807, 2.05) is 0 Å². The molecule has 0 radical (unpaired) electrons. The molecule has 0 saturated heterocycles. The van der Waals surface area contributed by atoms with E-state index in [4.69, 9.17) is 4.74 Å².